The van der Waals surface area contributed by atoms with Gasteiger partial charge in [-0.15, -0.1) is 0 Å². The minimum Gasteiger partial charge on any atom is -0.370 e. The summed E-state index contributed by atoms with van der Waals surface area (Å²) in [6.45, 7) is 3.01. The van der Waals surface area contributed by atoms with Gasteiger partial charge in [-0.2, -0.15) is 23.4 Å². The highest BCUT2D eigenvalue weighted by molar-refractivity contribution is 6.42. The molecule has 2 aromatic heterocycles. The van der Waals surface area contributed by atoms with Gasteiger partial charge in [-0.05, 0) is 42.8 Å². The maximum atomic E-state index is 13.1. The maximum Gasteiger partial charge on any atom is 0.417 e. The largest absolute Gasteiger partial charge is 0.417 e. The molecule has 3 heterocycles. The van der Waals surface area contributed by atoms with E-state index in [0.717, 1.165) is 17.8 Å². The number of aromatic nitrogens is 3. The Labute approximate surface area is 204 Å². The van der Waals surface area contributed by atoms with Crippen molar-refractivity contribution in [2.24, 2.45) is 5.92 Å². The second-order valence-electron chi connectivity index (χ2n) is 8.15. The van der Waals surface area contributed by atoms with Crippen molar-refractivity contribution >= 4 is 34.9 Å². The Balaban J connectivity index is 1.54. The number of hydrogen-bond donors (Lipinski definition) is 1. The molecular weight excluding hydrogens is 490 g/mol. The number of amides is 1. The molecule has 3 aromatic rings. The first-order chi connectivity index (χ1) is 16.1. The number of alkyl halides is 3. The van der Waals surface area contributed by atoms with Gasteiger partial charge in [0.25, 0.3) is 5.91 Å². The summed E-state index contributed by atoms with van der Waals surface area (Å²) in [5, 5.41) is 11.7. The highest BCUT2D eigenvalue weighted by Gasteiger charge is 2.37. The molecule has 1 fully saturated rings. The van der Waals surface area contributed by atoms with Crippen molar-refractivity contribution in [3.05, 3.63) is 81.2 Å². The van der Waals surface area contributed by atoms with Gasteiger partial charge in [-0.3, -0.25) is 4.79 Å². The van der Waals surface area contributed by atoms with Crippen LogP contribution in [0.15, 0.2) is 48.8 Å². The molecule has 1 aromatic carbocycles. The summed E-state index contributed by atoms with van der Waals surface area (Å²) >= 11 is 12.3. The highest BCUT2D eigenvalue weighted by Crippen LogP contribution is 2.36. The predicted octanol–water partition coefficient (Wildman–Crippen LogP) is 5.47. The van der Waals surface area contributed by atoms with Gasteiger partial charge in [0.1, 0.15) is 5.82 Å². The van der Waals surface area contributed by atoms with E-state index in [9.17, 15) is 18.0 Å². The van der Waals surface area contributed by atoms with E-state index in [-0.39, 0.29) is 17.7 Å². The molecule has 6 nitrogen and oxygen atoms in total. The molecule has 4 rings (SSSR count). The van der Waals surface area contributed by atoms with Gasteiger partial charge in [0, 0.05) is 37.7 Å². The SMILES string of the molecule is Cc1cc(C(=O)N2C[C@H](CNc3ccc(C(F)(F)F)cn3)[C@@H](c3ccc(Cl)c(Cl)c3)C2)cnn1. The number of carbonyl (C=O) groups is 1. The van der Waals surface area contributed by atoms with Crippen molar-refractivity contribution in [2.75, 3.05) is 25.0 Å². The summed E-state index contributed by atoms with van der Waals surface area (Å²) in [4.78, 5) is 18.7. The summed E-state index contributed by atoms with van der Waals surface area (Å²) in [6, 6.07) is 9.32. The van der Waals surface area contributed by atoms with Gasteiger partial charge >= 0.3 is 6.18 Å². The summed E-state index contributed by atoms with van der Waals surface area (Å²) in [5.74, 6) is 0.0237. The monoisotopic (exact) mass is 509 g/mol. The van der Waals surface area contributed by atoms with Crippen molar-refractivity contribution in [3.8, 4) is 0 Å². The highest BCUT2D eigenvalue weighted by atomic mass is 35.5. The molecule has 34 heavy (non-hydrogen) atoms. The number of rotatable bonds is 5. The topological polar surface area (TPSA) is 71.0 Å². The number of anilines is 1. The minimum absolute atomic E-state index is 0.0545. The summed E-state index contributed by atoms with van der Waals surface area (Å²) in [5.41, 5.74) is 1.18. The number of likely N-dealkylation sites (tertiary alicyclic amines) is 1. The number of halogens is 5. The number of nitrogens with zero attached hydrogens (tertiary/aromatic N) is 4. The van der Waals surface area contributed by atoms with Gasteiger partial charge in [0.15, 0.2) is 0 Å². The Morgan fingerprint density at radius 1 is 1.12 bits per heavy atom. The zero-order chi connectivity index (χ0) is 24.5. The van der Waals surface area contributed by atoms with Gasteiger partial charge in [0.05, 0.1) is 33.1 Å². The van der Waals surface area contributed by atoms with E-state index >= 15 is 0 Å². The third kappa shape index (κ3) is 5.42. The smallest absolute Gasteiger partial charge is 0.370 e. The molecule has 2 atom stereocenters. The molecule has 0 radical (unpaired) electrons. The van der Waals surface area contributed by atoms with Crippen LogP contribution >= 0.6 is 23.2 Å². The van der Waals surface area contributed by atoms with E-state index in [1.54, 1.807) is 30.0 Å². The predicted molar refractivity (Wildman–Crippen MR) is 123 cm³/mol. The molecule has 1 aliphatic heterocycles. The van der Waals surface area contributed by atoms with Crippen LogP contribution in [-0.4, -0.2) is 45.6 Å². The quantitative estimate of drug-likeness (QED) is 0.493. The van der Waals surface area contributed by atoms with Gasteiger partial charge < -0.3 is 10.2 Å². The molecule has 1 saturated heterocycles. The molecule has 11 heteroatoms. The lowest BCUT2D eigenvalue weighted by Gasteiger charge is -2.20. The zero-order valence-corrected chi connectivity index (χ0v) is 19.5. The second kappa shape index (κ2) is 9.76. The maximum absolute atomic E-state index is 13.1. The molecule has 1 aliphatic rings. The third-order valence-corrected chi connectivity index (χ3v) is 6.50. The van der Waals surface area contributed by atoms with E-state index in [2.05, 4.69) is 20.5 Å². The average Bonchev–Trinajstić information content (AvgIpc) is 3.23. The zero-order valence-electron chi connectivity index (χ0n) is 18.0. The van der Waals surface area contributed by atoms with E-state index in [4.69, 9.17) is 23.2 Å². The first-order valence-corrected chi connectivity index (χ1v) is 11.2. The van der Waals surface area contributed by atoms with Crippen molar-refractivity contribution in [2.45, 2.75) is 19.0 Å². The second-order valence-corrected chi connectivity index (χ2v) is 8.96. The Morgan fingerprint density at radius 2 is 1.91 bits per heavy atom. The van der Waals surface area contributed by atoms with Crippen LogP contribution in [0.1, 0.15) is 33.1 Å². The number of hydrogen-bond acceptors (Lipinski definition) is 5. The van der Waals surface area contributed by atoms with Crippen LogP contribution in [0.4, 0.5) is 19.0 Å². The summed E-state index contributed by atoms with van der Waals surface area (Å²) in [6.07, 6.45) is -2.22. The number of carbonyl (C=O) groups excluding carboxylic acids is 1. The van der Waals surface area contributed by atoms with E-state index in [1.165, 1.54) is 12.3 Å². The minimum atomic E-state index is -4.45. The lowest BCUT2D eigenvalue weighted by atomic mass is 9.89. The molecule has 0 bridgehead atoms. The van der Waals surface area contributed by atoms with Crippen molar-refractivity contribution in [1.29, 1.82) is 0 Å². The molecule has 1 N–H and O–H groups in total. The van der Waals surface area contributed by atoms with Crippen molar-refractivity contribution < 1.29 is 18.0 Å². The first-order valence-electron chi connectivity index (χ1n) is 10.4. The standard InChI is InChI=1S/C23H20Cl2F3N5O/c1-13-6-15(9-31-32-13)22(34)33-11-16(18(12-33)14-2-4-19(24)20(25)7-14)8-29-21-5-3-17(10-30-21)23(26,27)28/h2-7,9-10,16,18H,8,11-12H2,1H3,(H,29,30)/t16-,18+/m0/s1. The van der Waals surface area contributed by atoms with E-state index < -0.39 is 11.7 Å². The number of aryl methyl sites for hydroxylation is 1. The molecule has 0 aliphatic carbocycles. The van der Waals surface area contributed by atoms with Crippen LogP contribution in [0.2, 0.25) is 10.0 Å². The summed E-state index contributed by atoms with van der Waals surface area (Å²) in [7, 11) is 0. The van der Waals surface area contributed by atoms with Crippen LogP contribution in [0.3, 0.4) is 0 Å². The van der Waals surface area contributed by atoms with E-state index in [1.807, 2.05) is 6.07 Å². The van der Waals surface area contributed by atoms with Crippen LogP contribution in [0.5, 0.6) is 0 Å². The van der Waals surface area contributed by atoms with Crippen molar-refractivity contribution in [3.63, 3.8) is 0 Å². The fourth-order valence-corrected chi connectivity index (χ4v) is 4.35. The normalized spacial score (nSPS) is 18.2. The molecule has 0 saturated carbocycles. The Bertz CT molecular complexity index is 1190. The number of benzene rings is 1. The molecule has 0 unspecified atom stereocenters. The Morgan fingerprint density at radius 3 is 2.56 bits per heavy atom. The Kier molecular flexibility index (Phi) is 6.95. The van der Waals surface area contributed by atoms with Crippen LogP contribution in [-0.2, 0) is 6.18 Å². The Hall–Kier alpha value is -2.91. The third-order valence-electron chi connectivity index (χ3n) is 5.76. The van der Waals surface area contributed by atoms with Crippen LogP contribution in [0.25, 0.3) is 0 Å². The molecule has 178 valence electrons. The molecular formula is C23H20Cl2F3N5O. The fourth-order valence-electron chi connectivity index (χ4n) is 4.04. The lowest BCUT2D eigenvalue weighted by Crippen LogP contribution is -2.30. The van der Waals surface area contributed by atoms with Gasteiger partial charge in [-0.25, -0.2) is 4.98 Å². The molecule has 0 spiro atoms. The van der Waals surface area contributed by atoms with Gasteiger partial charge in [0.2, 0.25) is 0 Å². The first kappa shape index (κ1) is 24.2. The summed E-state index contributed by atoms with van der Waals surface area (Å²) < 4.78 is 38.4. The fraction of sp³-hybridized carbons (Fsp3) is 0.304. The number of pyridine rings is 1. The van der Waals surface area contributed by atoms with Crippen LogP contribution in [0, 0.1) is 12.8 Å². The average molecular weight is 510 g/mol. The number of nitrogens with one attached hydrogen (secondary N) is 1. The van der Waals surface area contributed by atoms with Gasteiger partial charge in [-0.1, -0.05) is 29.3 Å². The van der Waals surface area contributed by atoms with E-state index in [0.29, 0.717) is 46.8 Å². The van der Waals surface area contributed by atoms with Crippen molar-refractivity contribution in [1.82, 2.24) is 20.1 Å². The van der Waals surface area contributed by atoms with Crippen LogP contribution < -0.4 is 5.32 Å². The molecule has 1 amide bonds. The lowest BCUT2D eigenvalue weighted by molar-refractivity contribution is -0.137.